The Morgan fingerprint density at radius 1 is 1.32 bits per heavy atom. The molecule has 0 aromatic heterocycles. The van der Waals surface area contributed by atoms with Gasteiger partial charge in [-0.25, -0.2) is 9.18 Å². The topological polar surface area (TPSA) is 52.6 Å². The van der Waals surface area contributed by atoms with Gasteiger partial charge in [0, 0.05) is 13.1 Å². The van der Waals surface area contributed by atoms with Crippen LogP contribution in [-0.2, 0) is 0 Å². The third kappa shape index (κ3) is 3.40. The molecule has 2 amide bonds. The van der Waals surface area contributed by atoms with E-state index in [1.807, 2.05) is 6.92 Å². The van der Waals surface area contributed by atoms with Gasteiger partial charge in [0.05, 0.1) is 12.1 Å². The lowest BCUT2D eigenvalue weighted by molar-refractivity contribution is 0.0428. The summed E-state index contributed by atoms with van der Waals surface area (Å²) in [6, 6.07) is 6.15. The summed E-state index contributed by atoms with van der Waals surface area (Å²) in [6.45, 7) is 3.06. The molecule has 3 atom stereocenters. The number of hydrogen-bond acceptors (Lipinski definition) is 2. The van der Waals surface area contributed by atoms with Gasteiger partial charge in [0.25, 0.3) is 0 Å². The van der Waals surface area contributed by atoms with Crippen LogP contribution in [0.3, 0.4) is 0 Å². The van der Waals surface area contributed by atoms with Crippen LogP contribution in [-0.4, -0.2) is 35.2 Å². The van der Waals surface area contributed by atoms with E-state index >= 15 is 0 Å². The predicted molar refractivity (Wildman–Crippen MR) is 81.8 cm³/mol. The Morgan fingerprint density at radius 2 is 2.00 bits per heavy atom. The zero-order valence-corrected chi connectivity index (χ0v) is 12.8. The number of benzene rings is 1. The molecule has 4 nitrogen and oxygen atoms in total. The van der Waals surface area contributed by atoms with Crippen LogP contribution in [0.15, 0.2) is 24.3 Å². The zero-order valence-electron chi connectivity index (χ0n) is 12.8. The molecule has 1 heterocycles. The Morgan fingerprint density at radius 3 is 2.59 bits per heavy atom. The van der Waals surface area contributed by atoms with Gasteiger partial charge in [-0.15, -0.1) is 0 Å². The monoisotopic (exact) mass is 306 g/mol. The van der Waals surface area contributed by atoms with Gasteiger partial charge in [-0.2, -0.15) is 0 Å². The Kier molecular flexibility index (Phi) is 4.34. The van der Waals surface area contributed by atoms with Crippen LogP contribution in [0.5, 0.6) is 0 Å². The Hall–Kier alpha value is -1.62. The van der Waals surface area contributed by atoms with Gasteiger partial charge in [0.1, 0.15) is 5.82 Å². The van der Waals surface area contributed by atoms with Crippen LogP contribution in [0, 0.1) is 17.7 Å². The van der Waals surface area contributed by atoms with Crippen molar-refractivity contribution in [3.63, 3.8) is 0 Å². The minimum absolute atomic E-state index is 0.0652. The molecule has 22 heavy (non-hydrogen) atoms. The van der Waals surface area contributed by atoms with E-state index in [9.17, 15) is 14.3 Å². The smallest absolute Gasteiger partial charge is 0.317 e. The number of hydrogen-bond donors (Lipinski definition) is 2. The third-order valence-electron chi connectivity index (χ3n) is 4.81. The molecule has 0 bridgehead atoms. The van der Waals surface area contributed by atoms with Crippen molar-refractivity contribution >= 4 is 6.03 Å². The molecular formula is C17H23FN2O2. The molecule has 0 spiro atoms. The lowest BCUT2D eigenvalue weighted by Crippen LogP contribution is -2.50. The number of nitrogens with zero attached hydrogens (tertiary/aromatic N) is 1. The first-order valence-corrected chi connectivity index (χ1v) is 8.03. The van der Waals surface area contributed by atoms with Gasteiger partial charge in [-0.1, -0.05) is 19.1 Å². The molecule has 120 valence electrons. The SMILES string of the molecule is CC1CCN(C(=O)NC(c2ccc(F)cc2)C2CC2)CC1O. The van der Waals surface area contributed by atoms with Crippen molar-refractivity contribution in [2.24, 2.45) is 11.8 Å². The number of likely N-dealkylation sites (tertiary alicyclic amines) is 1. The van der Waals surface area contributed by atoms with E-state index in [1.54, 1.807) is 17.0 Å². The number of aliphatic hydroxyl groups is 1. The number of halogens is 1. The van der Waals surface area contributed by atoms with Gasteiger partial charge in [-0.3, -0.25) is 0 Å². The van der Waals surface area contributed by atoms with E-state index in [4.69, 9.17) is 0 Å². The summed E-state index contributed by atoms with van der Waals surface area (Å²) >= 11 is 0. The summed E-state index contributed by atoms with van der Waals surface area (Å²) in [5.41, 5.74) is 0.947. The van der Waals surface area contributed by atoms with Gasteiger partial charge in [-0.05, 0) is 48.8 Å². The number of urea groups is 1. The largest absolute Gasteiger partial charge is 0.391 e. The first kappa shape index (κ1) is 15.3. The highest BCUT2D eigenvalue weighted by Gasteiger charge is 2.35. The molecule has 0 radical (unpaired) electrons. The minimum Gasteiger partial charge on any atom is -0.391 e. The molecule has 3 rings (SSSR count). The summed E-state index contributed by atoms with van der Waals surface area (Å²) < 4.78 is 13.1. The van der Waals surface area contributed by atoms with E-state index in [0.717, 1.165) is 24.8 Å². The number of β-amino-alcohol motifs (C(OH)–C–C–N with tert-alkyl or cyclic N) is 1. The molecule has 1 aliphatic carbocycles. The molecule has 1 aromatic rings. The second kappa shape index (κ2) is 6.24. The molecule has 1 saturated heterocycles. The van der Waals surface area contributed by atoms with Crippen LogP contribution in [0.2, 0.25) is 0 Å². The highest BCUT2D eigenvalue weighted by atomic mass is 19.1. The van der Waals surface area contributed by atoms with Crippen molar-refractivity contribution in [1.29, 1.82) is 0 Å². The Bertz CT molecular complexity index is 530. The van der Waals surface area contributed by atoms with Gasteiger partial charge in [0.15, 0.2) is 0 Å². The maximum Gasteiger partial charge on any atom is 0.317 e. The first-order chi connectivity index (χ1) is 10.5. The van der Waals surface area contributed by atoms with Crippen molar-refractivity contribution in [1.82, 2.24) is 10.2 Å². The maximum atomic E-state index is 13.1. The van der Waals surface area contributed by atoms with Crippen LogP contribution < -0.4 is 5.32 Å². The van der Waals surface area contributed by atoms with Crippen molar-refractivity contribution in [3.8, 4) is 0 Å². The Balaban J connectivity index is 1.66. The average Bonchev–Trinajstić information content (AvgIpc) is 3.33. The van der Waals surface area contributed by atoms with E-state index < -0.39 is 6.10 Å². The summed E-state index contributed by atoms with van der Waals surface area (Å²) in [6.07, 6.45) is 2.54. The van der Waals surface area contributed by atoms with E-state index in [-0.39, 0.29) is 23.8 Å². The molecule has 2 fully saturated rings. The van der Waals surface area contributed by atoms with E-state index in [1.165, 1.54) is 12.1 Å². The van der Waals surface area contributed by atoms with Crippen molar-refractivity contribution in [2.75, 3.05) is 13.1 Å². The summed E-state index contributed by atoms with van der Waals surface area (Å²) in [4.78, 5) is 14.1. The Labute approximate surface area is 130 Å². The molecule has 5 heteroatoms. The van der Waals surface area contributed by atoms with Crippen LogP contribution in [0.25, 0.3) is 0 Å². The number of nitrogens with one attached hydrogen (secondary N) is 1. The van der Waals surface area contributed by atoms with Crippen LogP contribution >= 0.6 is 0 Å². The van der Waals surface area contributed by atoms with Crippen LogP contribution in [0.1, 0.15) is 37.8 Å². The fourth-order valence-corrected chi connectivity index (χ4v) is 3.03. The number of aliphatic hydroxyl groups excluding tert-OH is 1. The van der Waals surface area contributed by atoms with Crippen molar-refractivity contribution < 1.29 is 14.3 Å². The summed E-state index contributed by atoms with van der Waals surface area (Å²) in [7, 11) is 0. The van der Waals surface area contributed by atoms with Gasteiger partial charge >= 0.3 is 6.03 Å². The molecule has 2 N–H and O–H groups in total. The quantitative estimate of drug-likeness (QED) is 0.902. The number of carbonyl (C=O) groups excluding carboxylic acids is 1. The molecule has 1 aromatic carbocycles. The summed E-state index contributed by atoms with van der Waals surface area (Å²) in [5, 5.41) is 13.0. The number of carbonyl (C=O) groups is 1. The molecular weight excluding hydrogens is 283 g/mol. The third-order valence-corrected chi connectivity index (χ3v) is 4.81. The second-order valence-electron chi connectivity index (χ2n) is 6.60. The standard InChI is InChI=1S/C17H23FN2O2/c1-11-8-9-20(10-15(11)21)17(22)19-16(12-2-3-12)13-4-6-14(18)7-5-13/h4-7,11-12,15-16,21H,2-3,8-10H2,1H3,(H,19,22). The molecule has 1 aliphatic heterocycles. The molecule has 3 unspecified atom stereocenters. The fraction of sp³-hybridized carbons (Fsp3) is 0.588. The number of rotatable bonds is 3. The highest BCUT2D eigenvalue weighted by molar-refractivity contribution is 5.75. The zero-order chi connectivity index (χ0) is 15.7. The fourth-order valence-electron chi connectivity index (χ4n) is 3.03. The lowest BCUT2D eigenvalue weighted by atomic mass is 9.96. The summed E-state index contributed by atoms with van der Waals surface area (Å²) in [5.74, 6) is 0.404. The van der Waals surface area contributed by atoms with Crippen molar-refractivity contribution in [2.45, 2.75) is 38.3 Å². The first-order valence-electron chi connectivity index (χ1n) is 8.03. The minimum atomic E-state index is -0.454. The maximum absolute atomic E-state index is 13.1. The number of piperidine rings is 1. The molecule has 1 saturated carbocycles. The normalized spacial score (nSPS) is 26.6. The van der Waals surface area contributed by atoms with Crippen molar-refractivity contribution in [3.05, 3.63) is 35.6 Å². The lowest BCUT2D eigenvalue weighted by Gasteiger charge is -2.35. The highest BCUT2D eigenvalue weighted by Crippen LogP contribution is 2.41. The van der Waals surface area contributed by atoms with E-state index in [2.05, 4.69) is 5.32 Å². The molecule has 2 aliphatic rings. The van der Waals surface area contributed by atoms with Gasteiger partial charge in [0.2, 0.25) is 0 Å². The van der Waals surface area contributed by atoms with E-state index in [0.29, 0.717) is 19.0 Å². The average molecular weight is 306 g/mol. The number of amides is 2. The van der Waals surface area contributed by atoms with Gasteiger partial charge < -0.3 is 15.3 Å². The second-order valence-corrected chi connectivity index (χ2v) is 6.60. The van der Waals surface area contributed by atoms with Crippen LogP contribution in [0.4, 0.5) is 9.18 Å². The predicted octanol–water partition coefficient (Wildman–Crippen LogP) is 2.69.